The first-order valence-electron chi connectivity index (χ1n) is 5.17. The molecule has 2 N–H and O–H groups in total. The molecule has 0 spiro atoms. The van der Waals surface area contributed by atoms with Crippen molar-refractivity contribution in [2.75, 3.05) is 13.6 Å². The average Bonchev–Trinajstić information content (AvgIpc) is 2.17. The van der Waals surface area contributed by atoms with Gasteiger partial charge in [-0.3, -0.25) is 4.79 Å². The van der Waals surface area contributed by atoms with Crippen molar-refractivity contribution in [1.82, 2.24) is 10.6 Å². The van der Waals surface area contributed by atoms with Crippen LogP contribution in [0.25, 0.3) is 0 Å². The molecule has 0 aromatic heterocycles. The third kappa shape index (κ3) is 3.31. The molecule has 0 unspecified atom stereocenters. The lowest BCUT2D eigenvalue weighted by molar-refractivity contribution is -0.121. The van der Waals surface area contributed by atoms with Gasteiger partial charge in [0.05, 0.1) is 12.1 Å². The van der Waals surface area contributed by atoms with Crippen LogP contribution in [0.4, 0.5) is 4.39 Å². The third-order valence-corrected chi connectivity index (χ3v) is 2.34. The topological polar surface area (TPSA) is 41.1 Å². The van der Waals surface area contributed by atoms with E-state index in [0.29, 0.717) is 0 Å². The molecule has 0 aliphatic carbocycles. The highest BCUT2D eigenvalue weighted by Gasteiger charge is 2.22. The van der Waals surface area contributed by atoms with Crippen LogP contribution in [0.5, 0.6) is 0 Å². The smallest absolute Gasteiger partial charge is 0.234 e. The predicted octanol–water partition coefficient (Wildman–Crippen LogP) is 1.40. The van der Waals surface area contributed by atoms with Crippen molar-refractivity contribution in [2.45, 2.75) is 19.4 Å². The van der Waals surface area contributed by atoms with Gasteiger partial charge < -0.3 is 10.6 Å². The van der Waals surface area contributed by atoms with Crippen LogP contribution in [0.1, 0.15) is 19.4 Å². The molecule has 0 aliphatic rings. The van der Waals surface area contributed by atoms with Gasteiger partial charge in [-0.25, -0.2) is 4.39 Å². The van der Waals surface area contributed by atoms with Crippen LogP contribution in [0, 0.1) is 5.82 Å². The van der Waals surface area contributed by atoms with Gasteiger partial charge in [-0.2, -0.15) is 0 Å². The summed E-state index contributed by atoms with van der Waals surface area (Å²) in [6.07, 6.45) is 0. The molecule has 1 aromatic rings. The van der Waals surface area contributed by atoms with Crippen LogP contribution < -0.4 is 10.6 Å². The van der Waals surface area contributed by atoms with Crippen molar-refractivity contribution in [3.05, 3.63) is 35.6 Å². The van der Waals surface area contributed by atoms with Crippen LogP contribution in [0.15, 0.2) is 24.3 Å². The SMILES string of the molecule is CNCC(=O)NC(C)(C)c1cccc(F)c1. The minimum atomic E-state index is -0.573. The van der Waals surface area contributed by atoms with E-state index in [2.05, 4.69) is 10.6 Å². The van der Waals surface area contributed by atoms with Gasteiger partial charge in [0.15, 0.2) is 0 Å². The molecule has 0 saturated carbocycles. The van der Waals surface area contributed by atoms with E-state index in [1.807, 2.05) is 13.8 Å². The first-order valence-corrected chi connectivity index (χ1v) is 5.17. The summed E-state index contributed by atoms with van der Waals surface area (Å²) in [7, 11) is 1.70. The number of hydrogen-bond donors (Lipinski definition) is 2. The molecule has 3 nitrogen and oxygen atoms in total. The molecular formula is C12H17FN2O. The molecule has 0 saturated heterocycles. The number of benzene rings is 1. The molecule has 1 rings (SSSR count). The largest absolute Gasteiger partial charge is 0.346 e. The number of hydrogen-bond acceptors (Lipinski definition) is 2. The van der Waals surface area contributed by atoms with Gasteiger partial charge in [-0.05, 0) is 38.6 Å². The Morgan fingerprint density at radius 3 is 2.69 bits per heavy atom. The van der Waals surface area contributed by atoms with Gasteiger partial charge in [0.1, 0.15) is 5.82 Å². The zero-order valence-electron chi connectivity index (χ0n) is 9.80. The maximum atomic E-state index is 13.1. The van der Waals surface area contributed by atoms with Crippen LogP contribution in [-0.2, 0) is 10.3 Å². The number of halogens is 1. The zero-order valence-corrected chi connectivity index (χ0v) is 9.80. The van der Waals surface area contributed by atoms with E-state index in [1.165, 1.54) is 12.1 Å². The first-order chi connectivity index (χ1) is 7.45. The molecule has 16 heavy (non-hydrogen) atoms. The van der Waals surface area contributed by atoms with Crippen molar-refractivity contribution >= 4 is 5.91 Å². The normalized spacial score (nSPS) is 11.2. The van der Waals surface area contributed by atoms with E-state index in [-0.39, 0.29) is 18.3 Å². The molecule has 0 aliphatic heterocycles. The molecule has 1 amide bonds. The molecule has 1 aromatic carbocycles. The van der Waals surface area contributed by atoms with Gasteiger partial charge in [-0.1, -0.05) is 12.1 Å². The van der Waals surface area contributed by atoms with Crippen LogP contribution in [0.2, 0.25) is 0 Å². The maximum absolute atomic E-state index is 13.1. The van der Waals surface area contributed by atoms with E-state index >= 15 is 0 Å². The van der Waals surface area contributed by atoms with Gasteiger partial charge in [0.25, 0.3) is 0 Å². The highest BCUT2D eigenvalue weighted by molar-refractivity contribution is 5.78. The molecule has 4 heteroatoms. The predicted molar refractivity (Wildman–Crippen MR) is 61.5 cm³/mol. The van der Waals surface area contributed by atoms with Gasteiger partial charge in [0, 0.05) is 0 Å². The third-order valence-electron chi connectivity index (χ3n) is 2.34. The van der Waals surface area contributed by atoms with Crippen LogP contribution >= 0.6 is 0 Å². The van der Waals surface area contributed by atoms with E-state index in [1.54, 1.807) is 19.2 Å². The lowest BCUT2D eigenvalue weighted by atomic mass is 9.94. The molecule has 0 radical (unpaired) electrons. The van der Waals surface area contributed by atoms with Gasteiger partial charge in [-0.15, -0.1) is 0 Å². The highest BCUT2D eigenvalue weighted by Crippen LogP contribution is 2.20. The Labute approximate surface area is 95.0 Å². The Hall–Kier alpha value is -1.42. The van der Waals surface area contributed by atoms with E-state index in [0.717, 1.165) is 5.56 Å². The van der Waals surface area contributed by atoms with Crippen molar-refractivity contribution in [3.8, 4) is 0 Å². The van der Waals surface area contributed by atoms with Crippen LogP contribution in [-0.4, -0.2) is 19.5 Å². The summed E-state index contributed by atoms with van der Waals surface area (Å²) >= 11 is 0. The minimum Gasteiger partial charge on any atom is -0.346 e. The van der Waals surface area contributed by atoms with E-state index in [4.69, 9.17) is 0 Å². The van der Waals surface area contributed by atoms with Crippen LogP contribution in [0.3, 0.4) is 0 Å². The van der Waals surface area contributed by atoms with Crippen molar-refractivity contribution in [2.24, 2.45) is 0 Å². The standard InChI is InChI=1S/C12H17FN2O/c1-12(2,15-11(16)8-14-3)9-5-4-6-10(13)7-9/h4-7,14H,8H2,1-3H3,(H,15,16). The Balaban J connectivity index is 2.81. The summed E-state index contributed by atoms with van der Waals surface area (Å²) in [4.78, 5) is 11.4. The zero-order chi connectivity index (χ0) is 12.2. The minimum absolute atomic E-state index is 0.114. The highest BCUT2D eigenvalue weighted by atomic mass is 19.1. The number of rotatable bonds is 4. The average molecular weight is 224 g/mol. The second-order valence-electron chi connectivity index (χ2n) is 4.21. The Kier molecular flexibility index (Phi) is 4.01. The van der Waals surface area contributed by atoms with E-state index < -0.39 is 5.54 Å². The van der Waals surface area contributed by atoms with Crippen molar-refractivity contribution in [1.29, 1.82) is 0 Å². The summed E-state index contributed by atoms with van der Waals surface area (Å²) in [5.74, 6) is -0.412. The fourth-order valence-corrected chi connectivity index (χ4v) is 1.50. The summed E-state index contributed by atoms with van der Waals surface area (Å²) < 4.78 is 13.1. The lowest BCUT2D eigenvalue weighted by Crippen LogP contribution is -2.44. The number of nitrogens with one attached hydrogen (secondary N) is 2. The number of amides is 1. The number of likely N-dealkylation sites (N-methyl/N-ethyl adjacent to an activating group) is 1. The summed E-state index contributed by atoms with van der Waals surface area (Å²) in [5, 5.41) is 5.60. The Morgan fingerprint density at radius 2 is 2.12 bits per heavy atom. The second-order valence-corrected chi connectivity index (χ2v) is 4.21. The first kappa shape index (κ1) is 12.6. The maximum Gasteiger partial charge on any atom is 0.234 e. The van der Waals surface area contributed by atoms with Crippen molar-refractivity contribution in [3.63, 3.8) is 0 Å². The fourth-order valence-electron chi connectivity index (χ4n) is 1.50. The summed E-state index contributed by atoms with van der Waals surface area (Å²) in [5.41, 5.74) is 0.174. The number of carbonyl (C=O) groups excluding carboxylic acids is 1. The monoisotopic (exact) mass is 224 g/mol. The van der Waals surface area contributed by atoms with E-state index in [9.17, 15) is 9.18 Å². The molecule has 0 fully saturated rings. The summed E-state index contributed by atoms with van der Waals surface area (Å²) in [6.45, 7) is 3.93. The molecule has 0 bridgehead atoms. The fraction of sp³-hybridized carbons (Fsp3) is 0.417. The molecule has 0 heterocycles. The Morgan fingerprint density at radius 1 is 1.44 bits per heavy atom. The quantitative estimate of drug-likeness (QED) is 0.811. The molecular weight excluding hydrogens is 207 g/mol. The Bertz CT molecular complexity index is 377. The lowest BCUT2D eigenvalue weighted by Gasteiger charge is -2.27. The van der Waals surface area contributed by atoms with Gasteiger partial charge in [0.2, 0.25) is 5.91 Å². The molecule has 0 atom stereocenters. The molecule has 88 valence electrons. The number of carbonyl (C=O) groups is 1. The summed E-state index contributed by atoms with van der Waals surface area (Å²) in [6, 6.07) is 6.24. The van der Waals surface area contributed by atoms with Gasteiger partial charge >= 0.3 is 0 Å². The second kappa shape index (κ2) is 5.07. The van der Waals surface area contributed by atoms with Crippen molar-refractivity contribution < 1.29 is 9.18 Å².